The highest BCUT2D eigenvalue weighted by molar-refractivity contribution is 9.09. The van der Waals surface area contributed by atoms with E-state index in [-0.39, 0.29) is 18.3 Å². The van der Waals surface area contributed by atoms with Crippen LogP contribution in [0.4, 0.5) is 0 Å². The van der Waals surface area contributed by atoms with Crippen molar-refractivity contribution >= 4 is 28.5 Å². The van der Waals surface area contributed by atoms with Crippen LogP contribution < -0.4 is 5.46 Å². The Bertz CT molecular complexity index is 398. The molecule has 1 aliphatic heterocycles. The van der Waals surface area contributed by atoms with Gasteiger partial charge in [0.25, 0.3) is 0 Å². The van der Waals surface area contributed by atoms with E-state index >= 15 is 0 Å². The molecule has 0 radical (unpaired) electrons. The van der Waals surface area contributed by atoms with Crippen molar-refractivity contribution in [1.29, 1.82) is 0 Å². The predicted molar refractivity (Wildman–Crippen MR) is 79.7 cm³/mol. The van der Waals surface area contributed by atoms with Crippen LogP contribution >= 0.6 is 15.9 Å². The van der Waals surface area contributed by atoms with E-state index in [9.17, 15) is 0 Å². The second kappa shape index (κ2) is 4.99. The molecule has 1 fully saturated rings. The van der Waals surface area contributed by atoms with Gasteiger partial charge < -0.3 is 9.31 Å². The molecule has 0 spiro atoms. The first kappa shape index (κ1) is 14.1. The Kier molecular flexibility index (Phi) is 3.91. The molecule has 2 rings (SSSR count). The second-order valence-electron chi connectivity index (χ2n) is 5.77. The molecule has 0 N–H and O–H groups in total. The normalized spacial score (nSPS) is 21.3. The molecule has 0 unspecified atom stereocenters. The summed E-state index contributed by atoms with van der Waals surface area (Å²) in [5.41, 5.74) is 1.87. The lowest BCUT2D eigenvalue weighted by atomic mass is 9.79. The third kappa shape index (κ3) is 2.66. The van der Waals surface area contributed by atoms with E-state index in [1.807, 2.05) is 0 Å². The summed E-state index contributed by atoms with van der Waals surface area (Å²) in [5, 5.41) is 0.989. The Morgan fingerprint density at radius 2 is 1.50 bits per heavy atom. The number of aryl methyl sites for hydroxylation is 1. The molecule has 1 aliphatic rings. The highest BCUT2D eigenvalue weighted by atomic mass is 79.9. The van der Waals surface area contributed by atoms with E-state index in [0.717, 1.165) is 17.2 Å². The van der Waals surface area contributed by atoms with Gasteiger partial charge in [0, 0.05) is 5.33 Å². The Balaban J connectivity index is 2.14. The molecular weight excluding hydrogens is 291 g/mol. The summed E-state index contributed by atoms with van der Waals surface area (Å²) in [7, 11) is -0.256. The number of alkyl halides is 1. The second-order valence-corrected chi connectivity index (χ2v) is 6.56. The van der Waals surface area contributed by atoms with Crippen LogP contribution in [0.3, 0.4) is 0 Å². The number of hydrogen-bond donors (Lipinski definition) is 0. The molecular formula is C14H20BBrO2. The smallest absolute Gasteiger partial charge is 0.399 e. The summed E-state index contributed by atoms with van der Waals surface area (Å²) < 4.78 is 12.0. The SMILES string of the molecule is CC1(C)OB(c2ccc(CCBr)cc2)OC1(C)C. The third-order valence-electron chi connectivity index (χ3n) is 3.89. The summed E-state index contributed by atoms with van der Waals surface area (Å²) in [6.45, 7) is 8.30. The van der Waals surface area contributed by atoms with Crippen LogP contribution in [0.5, 0.6) is 0 Å². The summed E-state index contributed by atoms with van der Waals surface area (Å²) in [6, 6.07) is 8.48. The minimum atomic E-state index is -0.272. The Morgan fingerprint density at radius 1 is 1.00 bits per heavy atom. The van der Waals surface area contributed by atoms with Crippen molar-refractivity contribution in [3.05, 3.63) is 29.8 Å². The van der Waals surface area contributed by atoms with Gasteiger partial charge in [-0.05, 0) is 45.1 Å². The van der Waals surface area contributed by atoms with E-state index in [0.29, 0.717) is 0 Å². The number of halogens is 1. The summed E-state index contributed by atoms with van der Waals surface area (Å²) in [5.74, 6) is 0. The predicted octanol–water partition coefficient (Wildman–Crippen LogP) is 2.92. The van der Waals surface area contributed by atoms with Crippen molar-refractivity contribution in [3.8, 4) is 0 Å². The fourth-order valence-corrected chi connectivity index (χ4v) is 2.39. The molecule has 0 aromatic heterocycles. The molecule has 0 atom stereocenters. The van der Waals surface area contributed by atoms with Crippen LogP contribution in [0, 0.1) is 0 Å². The summed E-state index contributed by atoms with van der Waals surface area (Å²) in [4.78, 5) is 0. The van der Waals surface area contributed by atoms with Crippen LogP contribution in [-0.4, -0.2) is 23.7 Å². The van der Waals surface area contributed by atoms with E-state index in [4.69, 9.17) is 9.31 Å². The summed E-state index contributed by atoms with van der Waals surface area (Å²) in [6.07, 6.45) is 1.05. The lowest BCUT2D eigenvalue weighted by molar-refractivity contribution is 0.00578. The van der Waals surface area contributed by atoms with E-state index in [2.05, 4.69) is 67.9 Å². The molecule has 4 heteroatoms. The minimum Gasteiger partial charge on any atom is -0.399 e. The van der Waals surface area contributed by atoms with Crippen molar-refractivity contribution in [2.24, 2.45) is 0 Å². The van der Waals surface area contributed by atoms with E-state index < -0.39 is 0 Å². The first-order chi connectivity index (χ1) is 8.36. The molecule has 2 nitrogen and oxygen atoms in total. The standard InChI is InChI=1S/C14H20BBrO2/c1-13(2)14(3,4)18-15(17-13)12-7-5-11(6-8-12)9-10-16/h5-8H,9-10H2,1-4H3. The van der Waals surface area contributed by atoms with E-state index in [1.165, 1.54) is 5.56 Å². The number of rotatable bonds is 3. The minimum absolute atomic E-state index is 0.256. The first-order valence-electron chi connectivity index (χ1n) is 6.36. The highest BCUT2D eigenvalue weighted by Gasteiger charge is 2.51. The molecule has 0 amide bonds. The zero-order chi connectivity index (χ0) is 13.4. The van der Waals surface area contributed by atoms with Gasteiger partial charge in [-0.25, -0.2) is 0 Å². The van der Waals surface area contributed by atoms with E-state index in [1.54, 1.807) is 0 Å². The fourth-order valence-electron chi connectivity index (χ4n) is 1.93. The van der Waals surface area contributed by atoms with Crippen molar-refractivity contribution in [2.45, 2.75) is 45.3 Å². The van der Waals surface area contributed by atoms with Gasteiger partial charge in [0.05, 0.1) is 11.2 Å². The molecule has 0 aliphatic carbocycles. The zero-order valence-corrected chi connectivity index (χ0v) is 13.1. The molecule has 1 saturated heterocycles. The fraction of sp³-hybridized carbons (Fsp3) is 0.571. The molecule has 1 aromatic rings. The lowest BCUT2D eigenvalue weighted by Crippen LogP contribution is -2.41. The highest BCUT2D eigenvalue weighted by Crippen LogP contribution is 2.36. The van der Waals surface area contributed by atoms with Crippen LogP contribution in [0.1, 0.15) is 33.3 Å². The molecule has 0 bridgehead atoms. The largest absolute Gasteiger partial charge is 0.494 e. The quantitative estimate of drug-likeness (QED) is 0.631. The molecule has 98 valence electrons. The molecule has 1 heterocycles. The molecule has 0 saturated carbocycles. The van der Waals surface area contributed by atoms with Gasteiger partial charge in [-0.2, -0.15) is 0 Å². The maximum absolute atomic E-state index is 6.02. The maximum atomic E-state index is 6.02. The lowest BCUT2D eigenvalue weighted by Gasteiger charge is -2.32. The van der Waals surface area contributed by atoms with Crippen LogP contribution in [0.15, 0.2) is 24.3 Å². The van der Waals surface area contributed by atoms with Gasteiger partial charge in [-0.15, -0.1) is 0 Å². The van der Waals surface area contributed by atoms with Crippen molar-refractivity contribution in [3.63, 3.8) is 0 Å². The first-order valence-corrected chi connectivity index (χ1v) is 7.48. The van der Waals surface area contributed by atoms with Gasteiger partial charge in [0.15, 0.2) is 0 Å². The Morgan fingerprint density at radius 3 is 1.94 bits per heavy atom. The van der Waals surface area contributed by atoms with Crippen LogP contribution in [0.2, 0.25) is 0 Å². The number of benzene rings is 1. The van der Waals surface area contributed by atoms with Crippen molar-refractivity contribution < 1.29 is 9.31 Å². The molecule has 18 heavy (non-hydrogen) atoms. The van der Waals surface area contributed by atoms with Gasteiger partial charge >= 0.3 is 7.12 Å². The average molecular weight is 311 g/mol. The Hall–Kier alpha value is -0.315. The van der Waals surface area contributed by atoms with Gasteiger partial charge in [0.2, 0.25) is 0 Å². The van der Waals surface area contributed by atoms with Gasteiger partial charge in [0.1, 0.15) is 0 Å². The van der Waals surface area contributed by atoms with Crippen molar-refractivity contribution in [1.82, 2.24) is 0 Å². The van der Waals surface area contributed by atoms with Gasteiger partial charge in [-0.3, -0.25) is 0 Å². The summed E-state index contributed by atoms with van der Waals surface area (Å²) >= 11 is 3.45. The maximum Gasteiger partial charge on any atom is 0.494 e. The third-order valence-corrected chi connectivity index (χ3v) is 4.28. The molecule has 1 aromatic carbocycles. The van der Waals surface area contributed by atoms with Crippen LogP contribution in [-0.2, 0) is 15.7 Å². The van der Waals surface area contributed by atoms with Crippen LogP contribution in [0.25, 0.3) is 0 Å². The van der Waals surface area contributed by atoms with Gasteiger partial charge in [-0.1, -0.05) is 40.2 Å². The topological polar surface area (TPSA) is 18.5 Å². The monoisotopic (exact) mass is 310 g/mol. The number of hydrogen-bond acceptors (Lipinski definition) is 2. The zero-order valence-electron chi connectivity index (χ0n) is 11.5. The van der Waals surface area contributed by atoms with Crippen molar-refractivity contribution in [2.75, 3.05) is 5.33 Å². The Labute approximate surface area is 118 Å². The average Bonchev–Trinajstić information content (AvgIpc) is 2.50.